The molecule has 0 bridgehead atoms. The van der Waals surface area contributed by atoms with Crippen molar-refractivity contribution >= 4 is 15.9 Å². The molecule has 0 radical (unpaired) electrons. The highest BCUT2D eigenvalue weighted by Crippen LogP contribution is 2.23. The molecule has 19 heavy (non-hydrogen) atoms. The lowest BCUT2D eigenvalue weighted by molar-refractivity contribution is 0.574. The van der Waals surface area contributed by atoms with Gasteiger partial charge >= 0.3 is 0 Å². The van der Waals surface area contributed by atoms with Gasteiger partial charge in [0.1, 0.15) is 5.82 Å². The Hall–Kier alpha value is -1.20. The van der Waals surface area contributed by atoms with E-state index < -0.39 is 0 Å². The summed E-state index contributed by atoms with van der Waals surface area (Å²) in [5.74, 6) is -0.234. The molecule has 1 aromatic carbocycles. The largest absolute Gasteiger partial charge is 0.313 e. The number of aromatic nitrogens is 2. The summed E-state index contributed by atoms with van der Waals surface area (Å²) < 4.78 is 16.0. The standard InChI is InChI=1S/C14H17BrFN3/c1-3-19-9-10(8-18-19)6-14(17-2)11-4-5-12(15)13(16)7-11/h4-5,7-9,14,17H,3,6H2,1-2H3. The highest BCUT2D eigenvalue weighted by atomic mass is 79.9. The molecule has 2 aromatic rings. The topological polar surface area (TPSA) is 29.9 Å². The lowest BCUT2D eigenvalue weighted by Gasteiger charge is -2.16. The zero-order valence-electron chi connectivity index (χ0n) is 11.0. The molecule has 0 fully saturated rings. The number of likely N-dealkylation sites (N-methyl/N-ethyl adjacent to an activating group) is 1. The summed E-state index contributed by atoms with van der Waals surface area (Å²) >= 11 is 3.17. The van der Waals surface area contributed by atoms with Crippen molar-refractivity contribution in [2.75, 3.05) is 7.05 Å². The minimum atomic E-state index is -0.234. The van der Waals surface area contributed by atoms with Crippen molar-refractivity contribution in [3.05, 3.63) is 52.0 Å². The molecule has 0 spiro atoms. The zero-order valence-corrected chi connectivity index (χ0v) is 12.6. The lowest BCUT2D eigenvalue weighted by Crippen LogP contribution is -2.18. The van der Waals surface area contributed by atoms with Crippen molar-refractivity contribution < 1.29 is 4.39 Å². The molecule has 102 valence electrons. The van der Waals surface area contributed by atoms with Crippen LogP contribution in [-0.4, -0.2) is 16.8 Å². The van der Waals surface area contributed by atoms with Crippen LogP contribution in [0.5, 0.6) is 0 Å². The van der Waals surface area contributed by atoms with Gasteiger partial charge in [-0.3, -0.25) is 4.68 Å². The van der Waals surface area contributed by atoms with Crippen LogP contribution in [0.25, 0.3) is 0 Å². The maximum atomic E-state index is 13.6. The smallest absolute Gasteiger partial charge is 0.137 e. The Bertz CT molecular complexity index is 553. The summed E-state index contributed by atoms with van der Waals surface area (Å²) in [5, 5.41) is 7.48. The van der Waals surface area contributed by atoms with E-state index in [4.69, 9.17) is 0 Å². The van der Waals surface area contributed by atoms with E-state index in [9.17, 15) is 4.39 Å². The molecule has 1 atom stereocenters. The van der Waals surface area contributed by atoms with E-state index in [0.29, 0.717) is 4.47 Å². The number of benzene rings is 1. The Balaban J connectivity index is 2.17. The van der Waals surface area contributed by atoms with Crippen LogP contribution in [-0.2, 0) is 13.0 Å². The van der Waals surface area contributed by atoms with Crippen molar-refractivity contribution in [2.24, 2.45) is 0 Å². The molecule has 0 aliphatic heterocycles. The van der Waals surface area contributed by atoms with Gasteiger partial charge in [0.2, 0.25) is 0 Å². The third-order valence-electron chi connectivity index (χ3n) is 3.15. The quantitative estimate of drug-likeness (QED) is 0.914. The van der Waals surface area contributed by atoms with Gasteiger partial charge in [0.25, 0.3) is 0 Å². The maximum absolute atomic E-state index is 13.6. The number of hydrogen-bond donors (Lipinski definition) is 1. The predicted molar refractivity (Wildman–Crippen MR) is 77.5 cm³/mol. The number of hydrogen-bond acceptors (Lipinski definition) is 2. The van der Waals surface area contributed by atoms with Crippen molar-refractivity contribution in [3.63, 3.8) is 0 Å². The second-order valence-corrected chi connectivity index (χ2v) is 5.28. The molecule has 1 heterocycles. The molecule has 0 saturated heterocycles. The van der Waals surface area contributed by atoms with E-state index in [1.807, 2.05) is 30.2 Å². The highest BCUT2D eigenvalue weighted by molar-refractivity contribution is 9.10. The Morgan fingerprint density at radius 1 is 1.47 bits per heavy atom. The van der Waals surface area contributed by atoms with Crippen LogP contribution in [0, 0.1) is 5.82 Å². The Morgan fingerprint density at radius 3 is 2.84 bits per heavy atom. The number of nitrogens with zero attached hydrogens (tertiary/aromatic N) is 2. The molecule has 1 N–H and O–H groups in total. The third kappa shape index (κ3) is 3.42. The van der Waals surface area contributed by atoms with Gasteiger partial charge < -0.3 is 5.32 Å². The summed E-state index contributed by atoms with van der Waals surface area (Å²) in [6.45, 7) is 2.91. The molecule has 0 amide bonds. The van der Waals surface area contributed by atoms with Gasteiger partial charge in [-0.05, 0) is 59.6 Å². The fourth-order valence-electron chi connectivity index (χ4n) is 2.04. The van der Waals surface area contributed by atoms with Crippen molar-refractivity contribution in [1.29, 1.82) is 0 Å². The molecule has 3 nitrogen and oxygen atoms in total. The average molecular weight is 326 g/mol. The molecule has 1 unspecified atom stereocenters. The number of halogens is 2. The predicted octanol–water partition coefficient (Wildman–Crippen LogP) is 3.31. The first-order chi connectivity index (χ1) is 9.13. The van der Waals surface area contributed by atoms with Gasteiger partial charge in [0.05, 0.1) is 10.7 Å². The van der Waals surface area contributed by atoms with Gasteiger partial charge in [-0.2, -0.15) is 5.10 Å². The van der Waals surface area contributed by atoms with Crippen LogP contribution in [0.1, 0.15) is 24.1 Å². The molecule has 2 rings (SSSR count). The van der Waals surface area contributed by atoms with Crippen LogP contribution in [0.15, 0.2) is 35.1 Å². The monoisotopic (exact) mass is 325 g/mol. The SMILES string of the molecule is CCn1cc(CC(NC)c2ccc(Br)c(F)c2)cn1. The van der Waals surface area contributed by atoms with Gasteiger partial charge in [-0.15, -0.1) is 0 Å². The summed E-state index contributed by atoms with van der Waals surface area (Å²) in [7, 11) is 1.88. The van der Waals surface area contributed by atoms with Crippen LogP contribution in [0.3, 0.4) is 0 Å². The van der Waals surface area contributed by atoms with Crippen molar-refractivity contribution in [1.82, 2.24) is 15.1 Å². The Labute approximate surface area is 121 Å². The number of nitrogens with one attached hydrogen (secondary N) is 1. The second kappa shape index (κ2) is 6.30. The lowest BCUT2D eigenvalue weighted by atomic mass is 10.0. The Kier molecular flexibility index (Phi) is 4.71. The third-order valence-corrected chi connectivity index (χ3v) is 3.79. The fourth-order valence-corrected chi connectivity index (χ4v) is 2.28. The van der Waals surface area contributed by atoms with Crippen molar-refractivity contribution in [3.8, 4) is 0 Å². The first-order valence-electron chi connectivity index (χ1n) is 6.27. The summed E-state index contributed by atoms with van der Waals surface area (Å²) in [5.41, 5.74) is 2.08. The zero-order chi connectivity index (χ0) is 13.8. The molecule has 0 aliphatic rings. The van der Waals surface area contributed by atoms with Gasteiger partial charge in [0.15, 0.2) is 0 Å². The van der Waals surface area contributed by atoms with Gasteiger partial charge in [-0.25, -0.2) is 4.39 Å². The summed E-state index contributed by atoms with van der Waals surface area (Å²) in [6.07, 6.45) is 4.68. The van der Waals surface area contributed by atoms with Crippen LogP contribution >= 0.6 is 15.9 Å². The first kappa shape index (κ1) is 14.2. The van der Waals surface area contributed by atoms with E-state index in [1.54, 1.807) is 12.1 Å². The van der Waals surface area contributed by atoms with Gasteiger partial charge in [-0.1, -0.05) is 6.07 Å². The molecule has 5 heteroatoms. The van der Waals surface area contributed by atoms with E-state index in [-0.39, 0.29) is 11.9 Å². The number of rotatable bonds is 5. The van der Waals surface area contributed by atoms with E-state index in [0.717, 1.165) is 24.1 Å². The molecule has 0 aliphatic carbocycles. The molecule has 0 saturated carbocycles. The number of aryl methyl sites for hydroxylation is 1. The normalized spacial score (nSPS) is 12.6. The van der Waals surface area contributed by atoms with Crippen molar-refractivity contribution in [2.45, 2.75) is 25.9 Å². The summed E-state index contributed by atoms with van der Waals surface area (Å²) in [6, 6.07) is 5.32. The molecule has 1 aromatic heterocycles. The maximum Gasteiger partial charge on any atom is 0.137 e. The second-order valence-electron chi connectivity index (χ2n) is 4.42. The average Bonchev–Trinajstić information content (AvgIpc) is 2.87. The first-order valence-corrected chi connectivity index (χ1v) is 7.07. The molecular formula is C14H17BrFN3. The summed E-state index contributed by atoms with van der Waals surface area (Å²) in [4.78, 5) is 0. The Morgan fingerprint density at radius 2 is 2.26 bits per heavy atom. The van der Waals surface area contributed by atoms with E-state index in [1.165, 1.54) is 0 Å². The minimum absolute atomic E-state index is 0.0807. The highest BCUT2D eigenvalue weighted by Gasteiger charge is 2.13. The van der Waals surface area contributed by atoms with Crippen LogP contribution in [0.2, 0.25) is 0 Å². The van der Waals surface area contributed by atoms with Crippen LogP contribution in [0.4, 0.5) is 4.39 Å². The fraction of sp³-hybridized carbons (Fsp3) is 0.357. The van der Waals surface area contributed by atoms with Gasteiger partial charge in [0, 0.05) is 18.8 Å². The molecular weight excluding hydrogens is 309 g/mol. The minimum Gasteiger partial charge on any atom is -0.313 e. The van der Waals surface area contributed by atoms with E-state index in [2.05, 4.69) is 33.3 Å². The van der Waals surface area contributed by atoms with Crippen LogP contribution < -0.4 is 5.32 Å². The van der Waals surface area contributed by atoms with E-state index >= 15 is 0 Å².